The average Bonchev–Trinajstić information content (AvgIpc) is 2.05. The van der Waals surface area contributed by atoms with Gasteiger partial charge in [0.05, 0.1) is 10.6 Å². The molecule has 0 heterocycles. The molecule has 0 radical (unpaired) electrons. The van der Waals surface area contributed by atoms with Gasteiger partial charge in [-0.3, -0.25) is 14.8 Å². The zero-order valence-corrected chi connectivity index (χ0v) is 8.61. The molecule has 0 atom stereocenters. The van der Waals surface area contributed by atoms with Gasteiger partial charge in [0.15, 0.2) is 0 Å². The zero-order chi connectivity index (χ0) is 11.6. The monoisotopic (exact) mass is 231 g/mol. The van der Waals surface area contributed by atoms with E-state index in [1.807, 2.05) is 4.72 Å². The third-order valence-corrected chi connectivity index (χ3v) is 2.18. The third-order valence-electron chi connectivity index (χ3n) is 1.67. The van der Waals surface area contributed by atoms with Gasteiger partial charge in [-0.15, -0.1) is 0 Å². The second-order valence-corrected chi connectivity index (χ2v) is 4.20. The van der Waals surface area contributed by atoms with E-state index in [0.29, 0.717) is 5.56 Å². The molecule has 0 unspecified atom stereocenters. The standard InChI is InChI=1S/C7H9N3O4S/c1-5-4-6(10(11)12)2-3-7(5)9-15(8,13)14/h2-4,9H,1H3,(H2,8,13,14). The number of nitrogens with two attached hydrogens (primary N) is 1. The molecule has 0 saturated heterocycles. The number of nitro groups is 1. The van der Waals surface area contributed by atoms with Crippen LogP contribution in [0.5, 0.6) is 0 Å². The van der Waals surface area contributed by atoms with Crippen LogP contribution < -0.4 is 9.86 Å². The number of aryl methyl sites for hydroxylation is 1. The number of nitro benzene ring substituents is 1. The molecule has 0 aromatic heterocycles. The fourth-order valence-corrected chi connectivity index (χ4v) is 1.56. The number of benzene rings is 1. The normalized spacial score (nSPS) is 11.1. The van der Waals surface area contributed by atoms with Gasteiger partial charge in [-0.1, -0.05) is 0 Å². The maximum absolute atomic E-state index is 10.7. The molecular weight excluding hydrogens is 222 g/mol. The molecule has 3 N–H and O–H groups in total. The van der Waals surface area contributed by atoms with Gasteiger partial charge < -0.3 is 0 Å². The van der Waals surface area contributed by atoms with E-state index in [1.165, 1.54) is 18.2 Å². The summed E-state index contributed by atoms with van der Waals surface area (Å²) in [7, 11) is -3.85. The molecule has 15 heavy (non-hydrogen) atoms. The van der Waals surface area contributed by atoms with Gasteiger partial charge in [0, 0.05) is 12.1 Å². The summed E-state index contributed by atoms with van der Waals surface area (Å²) < 4.78 is 23.5. The van der Waals surface area contributed by atoms with Crippen molar-refractivity contribution >= 4 is 21.6 Å². The third kappa shape index (κ3) is 3.18. The van der Waals surface area contributed by atoms with Crippen LogP contribution >= 0.6 is 0 Å². The summed E-state index contributed by atoms with van der Waals surface area (Å²) in [4.78, 5) is 9.83. The number of hydrogen-bond donors (Lipinski definition) is 2. The number of nitrogens with one attached hydrogen (secondary N) is 1. The van der Waals surface area contributed by atoms with Gasteiger partial charge in [0.1, 0.15) is 0 Å². The highest BCUT2D eigenvalue weighted by molar-refractivity contribution is 7.90. The highest BCUT2D eigenvalue weighted by atomic mass is 32.2. The average molecular weight is 231 g/mol. The summed E-state index contributed by atoms with van der Waals surface area (Å²) >= 11 is 0. The number of non-ortho nitro benzene ring substituents is 1. The van der Waals surface area contributed by atoms with Crippen molar-refractivity contribution in [3.8, 4) is 0 Å². The molecule has 1 aromatic carbocycles. The van der Waals surface area contributed by atoms with E-state index in [9.17, 15) is 18.5 Å². The van der Waals surface area contributed by atoms with Crippen molar-refractivity contribution in [2.24, 2.45) is 5.14 Å². The fourth-order valence-electron chi connectivity index (χ4n) is 1.03. The van der Waals surface area contributed by atoms with Crippen LogP contribution in [0.4, 0.5) is 11.4 Å². The van der Waals surface area contributed by atoms with Crippen molar-refractivity contribution in [3.63, 3.8) is 0 Å². The summed E-state index contributed by atoms with van der Waals surface area (Å²) in [6.45, 7) is 1.54. The Morgan fingerprint density at radius 3 is 2.47 bits per heavy atom. The lowest BCUT2D eigenvalue weighted by Crippen LogP contribution is -2.22. The second-order valence-electron chi connectivity index (χ2n) is 2.90. The zero-order valence-electron chi connectivity index (χ0n) is 7.80. The Bertz CT molecular complexity index is 497. The van der Waals surface area contributed by atoms with Crippen LogP contribution in [0.25, 0.3) is 0 Å². The Labute approximate surface area is 86.2 Å². The van der Waals surface area contributed by atoms with Crippen LogP contribution in [0.2, 0.25) is 0 Å². The lowest BCUT2D eigenvalue weighted by atomic mass is 10.2. The first-order valence-electron chi connectivity index (χ1n) is 3.85. The summed E-state index contributed by atoms with van der Waals surface area (Å²) in [5.41, 5.74) is 0.550. The van der Waals surface area contributed by atoms with Crippen molar-refractivity contribution in [2.45, 2.75) is 6.92 Å². The van der Waals surface area contributed by atoms with Crippen LogP contribution in [-0.4, -0.2) is 13.3 Å². The topological polar surface area (TPSA) is 115 Å². The summed E-state index contributed by atoms with van der Waals surface area (Å²) in [5.74, 6) is 0. The molecule has 82 valence electrons. The first-order valence-corrected chi connectivity index (χ1v) is 5.40. The molecule has 1 rings (SSSR count). The minimum absolute atomic E-state index is 0.104. The number of nitrogens with zero attached hydrogens (tertiary/aromatic N) is 1. The predicted molar refractivity (Wildman–Crippen MR) is 54.6 cm³/mol. The van der Waals surface area contributed by atoms with Crippen LogP contribution in [0.3, 0.4) is 0 Å². The van der Waals surface area contributed by atoms with Crippen molar-refractivity contribution in [2.75, 3.05) is 4.72 Å². The number of anilines is 1. The van der Waals surface area contributed by atoms with Crippen LogP contribution in [0.1, 0.15) is 5.56 Å². The van der Waals surface area contributed by atoms with Crippen LogP contribution in [0, 0.1) is 17.0 Å². The fraction of sp³-hybridized carbons (Fsp3) is 0.143. The molecule has 0 bridgehead atoms. The summed E-state index contributed by atoms with van der Waals surface area (Å²) in [6, 6.07) is 3.74. The smallest absolute Gasteiger partial charge is 0.271 e. The van der Waals surface area contributed by atoms with Gasteiger partial charge in [0.25, 0.3) is 15.9 Å². The quantitative estimate of drug-likeness (QED) is 0.582. The Kier molecular flexibility index (Phi) is 2.91. The van der Waals surface area contributed by atoms with Gasteiger partial charge in [0.2, 0.25) is 0 Å². The Hall–Kier alpha value is -1.67. The van der Waals surface area contributed by atoms with Crippen molar-refractivity contribution in [3.05, 3.63) is 33.9 Å². The molecule has 7 nitrogen and oxygen atoms in total. The number of hydrogen-bond acceptors (Lipinski definition) is 4. The minimum atomic E-state index is -3.85. The van der Waals surface area contributed by atoms with E-state index in [-0.39, 0.29) is 11.4 Å². The maximum Gasteiger partial charge on any atom is 0.296 e. The van der Waals surface area contributed by atoms with Gasteiger partial charge in [-0.25, -0.2) is 5.14 Å². The Balaban J connectivity index is 3.09. The van der Waals surface area contributed by atoms with Gasteiger partial charge in [-0.05, 0) is 18.6 Å². The molecule has 0 spiro atoms. The van der Waals surface area contributed by atoms with Crippen molar-refractivity contribution in [1.29, 1.82) is 0 Å². The molecule has 0 saturated carbocycles. The lowest BCUT2D eigenvalue weighted by Gasteiger charge is -2.06. The van der Waals surface area contributed by atoms with E-state index in [0.717, 1.165) is 0 Å². The first kappa shape index (κ1) is 11.4. The molecule has 0 aliphatic carbocycles. The van der Waals surface area contributed by atoms with E-state index in [4.69, 9.17) is 5.14 Å². The Morgan fingerprint density at radius 2 is 2.07 bits per heavy atom. The van der Waals surface area contributed by atoms with Crippen LogP contribution in [-0.2, 0) is 10.2 Å². The number of rotatable bonds is 3. The summed E-state index contributed by atoms with van der Waals surface area (Å²) in [5, 5.41) is 15.2. The molecule has 0 aliphatic heterocycles. The molecule has 1 aromatic rings. The van der Waals surface area contributed by atoms with Crippen molar-refractivity contribution in [1.82, 2.24) is 0 Å². The highest BCUT2D eigenvalue weighted by Crippen LogP contribution is 2.21. The second kappa shape index (κ2) is 3.83. The molecule has 0 fully saturated rings. The SMILES string of the molecule is Cc1cc([N+](=O)[O-])ccc1NS(N)(=O)=O. The van der Waals surface area contributed by atoms with E-state index in [2.05, 4.69) is 0 Å². The largest absolute Gasteiger partial charge is 0.296 e. The van der Waals surface area contributed by atoms with E-state index < -0.39 is 15.1 Å². The molecular formula is C7H9N3O4S. The van der Waals surface area contributed by atoms with Crippen molar-refractivity contribution < 1.29 is 13.3 Å². The lowest BCUT2D eigenvalue weighted by molar-refractivity contribution is -0.384. The van der Waals surface area contributed by atoms with E-state index >= 15 is 0 Å². The van der Waals surface area contributed by atoms with Crippen LogP contribution in [0.15, 0.2) is 18.2 Å². The van der Waals surface area contributed by atoms with Gasteiger partial charge in [-0.2, -0.15) is 8.42 Å². The maximum atomic E-state index is 10.7. The molecule has 0 amide bonds. The predicted octanol–water partition coefficient (Wildman–Crippen LogP) is 0.519. The molecule has 8 heteroatoms. The Morgan fingerprint density at radius 1 is 1.47 bits per heavy atom. The summed E-state index contributed by atoms with van der Waals surface area (Å²) in [6.07, 6.45) is 0. The molecule has 0 aliphatic rings. The first-order chi connectivity index (χ1) is 6.79. The van der Waals surface area contributed by atoms with E-state index in [1.54, 1.807) is 6.92 Å². The highest BCUT2D eigenvalue weighted by Gasteiger charge is 2.10. The minimum Gasteiger partial charge on any atom is -0.271 e. The van der Waals surface area contributed by atoms with Gasteiger partial charge >= 0.3 is 0 Å².